The Kier molecular flexibility index (Phi) is 7.54. The molecule has 26 heavy (non-hydrogen) atoms. The minimum absolute atomic E-state index is 0. The zero-order chi connectivity index (χ0) is 17.8. The van der Waals surface area contributed by atoms with E-state index in [-0.39, 0.29) is 24.0 Å². The molecule has 0 unspecified atom stereocenters. The van der Waals surface area contributed by atoms with E-state index in [9.17, 15) is 0 Å². The number of halogens is 3. The van der Waals surface area contributed by atoms with Gasteiger partial charge in [-0.1, -0.05) is 29.3 Å². The average molecular weight is 508 g/mol. The molecule has 0 fully saturated rings. The molecule has 0 radical (unpaired) electrons. The largest absolute Gasteiger partial charge is 0.356 e. The van der Waals surface area contributed by atoms with Gasteiger partial charge in [0.2, 0.25) is 0 Å². The van der Waals surface area contributed by atoms with Gasteiger partial charge in [-0.05, 0) is 18.2 Å². The third-order valence-electron chi connectivity index (χ3n) is 3.90. The number of hydrogen-bond acceptors (Lipinski definition) is 3. The smallest absolute Gasteiger partial charge is 0.191 e. The van der Waals surface area contributed by atoms with E-state index < -0.39 is 0 Å². The monoisotopic (exact) mass is 507 g/mol. The number of pyridine rings is 1. The Morgan fingerprint density at radius 2 is 2.04 bits per heavy atom. The van der Waals surface area contributed by atoms with Crippen LogP contribution in [0.3, 0.4) is 0 Å². The number of nitrogens with zero attached hydrogens (tertiary/aromatic N) is 5. The lowest BCUT2D eigenvalue weighted by Crippen LogP contribution is -2.38. The Hall–Kier alpha value is -1.52. The Morgan fingerprint density at radius 3 is 2.73 bits per heavy atom. The zero-order valence-corrected chi connectivity index (χ0v) is 18.3. The fourth-order valence-corrected chi connectivity index (χ4v) is 2.92. The van der Waals surface area contributed by atoms with Crippen molar-refractivity contribution >= 4 is 58.8 Å². The van der Waals surface area contributed by atoms with Crippen molar-refractivity contribution in [1.29, 1.82) is 0 Å². The highest BCUT2D eigenvalue weighted by molar-refractivity contribution is 14.0. The van der Waals surface area contributed by atoms with Crippen molar-refractivity contribution in [3.05, 3.63) is 52.2 Å². The number of nitrogens with one attached hydrogen (secondary N) is 2. The second-order valence-electron chi connectivity index (χ2n) is 5.48. The lowest BCUT2D eigenvalue weighted by Gasteiger charge is -2.12. The summed E-state index contributed by atoms with van der Waals surface area (Å²) in [6.07, 6.45) is 2.69. The van der Waals surface area contributed by atoms with Crippen LogP contribution < -0.4 is 10.6 Å². The second-order valence-corrected chi connectivity index (χ2v) is 6.25. The molecule has 0 saturated carbocycles. The van der Waals surface area contributed by atoms with Crippen LogP contribution in [0.25, 0.3) is 5.65 Å². The summed E-state index contributed by atoms with van der Waals surface area (Å²) in [5.41, 5.74) is 1.82. The lowest BCUT2D eigenvalue weighted by molar-refractivity contribution is 0.734. The SMILES string of the molecule is CN=C(NCCc1nnc2ccccn12)NCc1cc(Cl)c(Cl)n1C.I. The van der Waals surface area contributed by atoms with Gasteiger partial charge in [0.1, 0.15) is 11.0 Å². The predicted molar refractivity (Wildman–Crippen MR) is 116 cm³/mol. The fourth-order valence-electron chi connectivity index (χ4n) is 2.51. The minimum Gasteiger partial charge on any atom is -0.356 e. The molecule has 7 nitrogen and oxygen atoms in total. The van der Waals surface area contributed by atoms with Crippen molar-refractivity contribution in [2.75, 3.05) is 13.6 Å². The van der Waals surface area contributed by atoms with Crippen molar-refractivity contribution in [2.24, 2.45) is 12.0 Å². The highest BCUT2D eigenvalue weighted by atomic mass is 127. The van der Waals surface area contributed by atoms with Gasteiger partial charge in [0.15, 0.2) is 11.6 Å². The van der Waals surface area contributed by atoms with E-state index in [1.54, 1.807) is 7.05 Å². The summed E-state index contributed by atoms with van der Waals surface area (Å²) in [6, 6.07) is 7.68. The molecule has 0 aliphatic carbocycles. The van der Waals surface area contributed by atoms with Gasteiger partial charge in [0, 0.05) is 39.0 Å². The van der Waals surface area contributed by atoms with Crippen LogP contribution in [0, 0.1) is 0 Å². The topological polar surface area (TPSA) is 71.5 Å². The van der Waals surface area contributed by atoms with Crippen LogP contribution in [0.5, 0.6) is 0 Å². The van der Waals surface area contributed by atoms with Gasteiger partial charge >= 0.3 is 0 Å². The van der Waals surface area contributed by atoms with Crippen LogP contribution in [-0.4, -0.2) is 38.7 Å². The first-order valence-corrected chi connectivity index (χ1v) is 8.58. The molecule has 0 bridgehead atoms. The summed E-state index contributed by atoms with van der Waals surface area (Å²) in [5.74, 6) is 1.60. The van der Waals surface area contributed by atoms with Crippen molar-refractivity contribution in [3.8, 4) is 0 Å². The van der Waals surface area contributed by atoms with Crippen molar-refractivity contribution < 1.29 is 0 Å². The maximum Gasteiger partial charge on any atom is 0.191 e. The first kappa shape index (κ1) is 20.8. The molecule has 140 valence electrons. The second kappa shape index (κ2) is 9.43. The van der Waals surface area contributed by atoms with Gasteiger partial charge in [-0.15, -0.1) is 34.2 Å². The molecule has 10 heteroatoms. The molecule has 0 aromatic carbocycles. The van der Waals surface area contributed by atoms with E-state index in [1.807, 2.05) is 46.5 Å². The molecule has 3 aromatic heterocycles. The summed E-state index contributed by atoms with van der Waals surface area (Å²) >= 11 is 12.1. The van der Waals surface area contributed by atoms with E-state index in [0.29, 0.717) is 29.2 Å². The molecule has 0 saturated heterocycles. The van der Waals surface area contributed by atoms with Crippen LogP contribution in [0.1, 0.15) is 11.5 Å². The van der Waals surface area contributed by atoms with Crippen molar-refractivity contribution in [3.63, 3.8) is 0 Å². The van der Waals surface area contributed by atoms with Crippen LogP contribution in [-0.2, 0) is 20.0 Å². The molecule has 0 aliphatic heterocycles. The predicted octanol–water partition coefficient (Wildman–Crippen LogP) is 2.90. The van der Waals surface area contributed by atoms with Gasteiger partial charge in [-0.2, -0.15) is 0 Å². The van der Waals surface area contributed by atoms with E-state index in [1.165, 1.54) is 0 Å². The van der Waals surface area contributed by atoms with E-state index in [0.717, 1.165) is 23.6 Å². The number of aliphatic imine (C=N–C) groups is 1. The number of aromatic nitrogens is 4. The number of guanidine groups is 1. The molecule has 2 N–H and O–H groups in total. The molecule has 3 heterocycles. The highest BCUT2D eigenvalue weighted by Crippen LogP contribution is 2.24. The Labute approximate surface area is 178 Å². The first-order chi connectivity index (χ1) is 12.1. The highest BCUT2D eigenvalue weighted by Gasteiger charge is 2.09. The van der Waals surface area contributed by atoms with Gasteiger partial charge < -0.3 is 15.2 Å². The van der Waals surface area contributed by atoms with Gasteiger partial charge in [-0.3, -0.25) is 9.39 Å². The maximum absolute atomic E-state index is 6.08. The summed E-state index contributed by atoms with van der Waals surface area (Å²) in [5, 5.41) is 15.9. The normalized spacial score (nSPS) is 11.5. The minimum atomic E-state index is 0. The molecule has 3 rings (SSSR count). The van der Waals surface area contributed by atoms with E-state index >= 15 is 0 Å². The van der Waals surface area contributed by atoms with Gasteiger partial charge in [0.25, 0.3) is 0 Å². The number of fused-ring (bicyclic) bond motifs is 1. The van der Waals surface area contributed by atoms with E-state index in [4.69, 9.17) is 23.2 Å². The van der Waals surface area contributed by atoms with Crippen molar-refractivity contribution in [2.45, 2.75) is 13.0 Å². The third kappa shape index (κ3) is 4.60. The Bertz CT molecular complexity index is 903. The Morgan fingerprint density at radius 1 is 1.23 bits per heavy atom. The third-order valence-corrected chi connectivity index (χ3v) is 4.74. The summed E-state index contributed by atoms with van der Waals surface area (Å²) in [6.45, 7) is 1.25. The molecule has 0 aliphatic rings. The average Bonchev–Trinajstić information content (AvgIpc) is 3.14. The quantitative estimate of drug-likeness (QED) is 0.316. The number of hydrogen-bond donors (Lipinski definition) is 2. The molecular weight excluding hydrogens is 488 g/mol. The van der Waals surface area contributed by atoms with Crippen LogP contribution in [0.15, 0.2) is 35.5 Å². The zero-order valence-electron chi connectivity index (χ0n) is 14.4. The summed E-state index contributed by atoms with van der Waals surface area (Å²) in [4.78, 5) is 4.22. The Balaban J connectivity index is 0.00000243. The summed E-state index contributed by atoms with van der Waals surface area (Å²) in [7, 11) is 3.60. The van der Waals surface area contributed by atoms with Crippen LogP contribution in [0.2, 0.25) is 10.2 Å². The fraction of sp³-hybridized carbons (Fsp3) is 0.312. The standard InChI is InChI=1S/C16H19Cl2N7.HI/c1-19-16(21-10-11-9-12(17)15(18)24(11)2)20-7-6-14-23-22-13-5-3-4-8-25(13)14;/h3-5,8-9H,6-7,10H2,1-2H3,(H2,19,20,21);1H. The molecule has 0 atom stereocenters. The van der Waals surface area contributed by atoms with Crippen molar-refractivity contribution in [1.82, 2.24) is 29.8 Å². The molecule has 0 spiro atoms. The van der Waals surface area contributed by atoms with Gasteiger partial charge in [0.05, 0.1) is 11.6 Å². The van der Waals surface area contributed by atoms with Crippen LogP contribution in [0.4, 0.5) is 0 Å². The maximum atomic E-state index is 6.08. The molecule has 0 amide bonds. The van der Waals surface area contributed by atoms with Crippen LogP contribution >= 0.6 is 47.2 Å². The molecular formula is C16H20Cl2IN7. The lowest BCUT2D eigenvalue weighted by atomic mass is 10.4. The molecule has 3 aromatic rings. The van der Waals surface area contributed by atoms with E-state index in [2.05, 4.69) is 25.8 Å². The number of rotatable bonds is 5. The summed E-state index contributed by atoms with van der Waals surface area (Å²) < 4.78 is 3.82. The van der Waals surface area contributed by atoms with Gasteiger partial charge in [-0.25, -0.2) is 0 Å². The first-order valence-electron chi connectivity index (χ1n) is 7.83.